The van der Waals surface area contributed by atoms with Crippen molar-refractivity contribution in [3.63, 3.8) is 0 Å². The van der Waals surface area contributed by atoms with Gasteiger partial charge in [0.25, 0.3) is 0 Å². The summed E-state index contributed by atoms with van der Waals surface area (Å²) in [5, 5.41) is 0.712. The van der Waals surface area contributed by atoms with Gasteiger partial charge >= 0.3 is 5.97 Å². The van der Waals surface area contributed by atoms with Gasteiger partial charge in [-0.3, -0.25) is 4.79 Å². The van der Waals surface area contributed by atoms with E-state index in [9.17, 15) is 9.18 Å². The summed E-state index contributed by atoms with van der Waals surface area (Å²) in [5.74, 6) is -0.672. The lowest BCUT2D eigenvalue weighted by Gasteiger charge is -2.07. The number of H-pyrrole nitrogens is 1. The van der Waals surface area contributed by atoms with Crippen molar-refractivity contribution in [1.82, 2.24) is 4.98 Å². The third kappa shape index (κ3) is 2.48. The first-order valence-corrected chi connectivity index (χ1v) is 7.03. The largest absolute Gasteiger partial charge is 0.469 e. The van der Waals surface area contributed by atoms with Crippen LogP contribution in [-0.2, 0) is 16.0 Å². The van der Waals surface area contributed by atoms with E-state index in [4.69, 9.17) is 4.74 Å². The molecule has 3 aromatic rings. The molecule has 0 atom stereocenters. The number of hydrogen-bond donors (Lipinski definition) is 1. The van der Waals surface area contributed by atoms with Crippen LogP contribution in [0.25, 0.3) is 22.2 Å². The number of esters is 1. The number of aromatic amines is 1. The Labute approximate surface area is 127 Å². The second kappa shape index (κ2) is 5.64. The van der Waals surface area contributed by atoms with Crippen molar-refractivity contribution in [1.29, 1.82) is 0 Å². The molecule has 3 rings (SSSR count). The lowest BCUT2D eigenvalue weighted by Crippen LogP contribution is -2.05. The average Bonchev–Trinajstić information content (AvgIpc) is 2.85. The third-order valence-corrected chi connectivity index (χ3v) is 3.83. The number of ether oxygens (including phenoxy) is 1. The molecular formula is C18H16FNO2. The van der Waals surface area contributed by atoms with Crippen molar-refractivity contribution in [2.45, 2.75) is 13.3 Å². The fraction of sp³-hybridized carbons (Fsp3) is 0.167. The van der Waals surface area contributed by atoms with Crippen LogP contribution in [-0.4, -0.2) is 18.1 Å². The second-order valence-electron chi connectivity index (χ2n) is 5.24. The number of benzene rings is 2. The van der Waals surface area contributed by atoms with Gasteiger partial charge in [-0.25, -0.2) is 4.39 Å². The molecule has 0 radical (unpaired) electrons. The summed E-state index contributed by atoms with van der Waals surface area (Å²) in [6.07, 6.45) is 0.101. The smallest absolute Gasteiger partial charge is 0.310 e. The number of aryl methyl sites for hydroxylation is 1. The molecule has 0 bridgehead atoms. The van der Waals surface area contributed by atoms with Gasteiger partial charge in [-0.2, -0.15) is 0 Å². The molecule has 4 heteroatoms. The summed E-state index contributed by atoms with van der Waals surface area (Å²) in [6.45, 7) is 2.00. The van der Waals surface area contributed by atoms with Gasteiger partial charge in [0.1, 0.15) is 5.82 Å². The summed E-state index contributed by atoms with van der Waals surface area (Å²) in [5.41, 5.74) is 4.48. The molecule has 0 aliphatic carbocycles. The molecule has 0 fully saturated rings. The van der Waals surface area contributed by atoms with E-state index in [1.807, 2.05) is 31.2 Å². The van der Waals surface area contributed by atoms with Crippen LogP contribution in [0.2, 0.25) is 0 Å². The number of methoxy groups -OCH3 is 1. The SMILES string of the molecule is COC(=O)Cc1c(-c2ccccc2C)[nH]c2ccc(F)cc12. The average molecular weight is 297 g/mol. The molecule has 0 aliphatic rings. The van der Waals surface area contributed by atoms with E-state index in [2.05, 4.69) is 4.98 Å². The number of halogens is 1. The lowest BCUT2D eigenvalue weighted by molar-refractivity contribution is -0.139. The van der Waals surface area contributed by atoms with Crippen LogP contribution >= 0.6 is 0 Å². The van der Waals surface area contributed by atoms with Crippen LogP contribution in [0.15, 0.2) is 42.5 Å². The standard InChI is InChI=1S/C18H16FNO2/c1-11-5-3-4-6-13(11)18-15(10-17(21)22-2)14-9-12(19)7-8-16(14)20-18/h3-9,20H,10H2,1-2H3. The summed E-state index contributed by atoms with van der Waals surface area (Å²) in [4.78, 5) is 15.0. The molecule has 3 nitrogen and oxygen atoms in total. The molecule has 22 heavy (non-hydrogen) atoms. The van der Waals surface area contributed by atoms with E-state index in [1.54, 1.807) is 6.07 Å². The van der Waals surface area contributed by atoms with E-state index in [-0.39, 0.29) is 18.2 Å². The van der Waals surface area contributed by atoms with Gasteiger partial charge in [0.2, 0.25) is 0 Å². The van der Waals surface area contributed by atoms with Crippen molar-refractivity contribution >= 4 is 16.9 Å². The van der Waals surface area contributed by atoms with Crippen molar-refractivity contribution < 1.29 is 13.9 Å². The number of hydrogen-bond acceptors (Lipinski definition) is 2. The summed E-state index contributed by atoms with van der Waals surface area (Å²) in [7, 11) is 1.35. The van der Waals surface area contributed by atoms with Crippen LogP contribution in [0.1, 0.15) is 11.1 Å². The monoisotopic (exact) mass is 297 g/mol. The number of carbonyl (C=O) groups is 1. The molecule has 0 saturated carbocycles. The number of rotatable bonds is 3. The predicted molar refractivity (Wildman–Crippen MR) is 84.1 cm³/mol. The first kappa shape index (κ1) is 14.3. The number of fused-ring (bicyclic) bond motifs is 1. The maximum Gasteiger partial charge on any atom is 0.310 e. The number of aromatic nitrogens is 1. The highest BCUT2D eigenvalue weighted by molar-refractivity contribution is 5.94. The highest BCUT2D eigenvalue weighted by atomic mass is 19.1. The Bertz CT molecular complexity index is 851. The highest BCUT2D eigenvalue weighted by Crippen LogP contribution is 2.33. The Morgan fingerprint density at radius 1 is 1.23 bits per heavy atom. The highest BCUT2D eigenvalue weighted by Gasteiger charge is 2.18. The van der Waals surface area contributed by atoms with E-state index in [1.165, 1.54) is 19.2 Å². The van der Waals surface area contributed by atoms with Crippen molar-refractivity contribution in [3.05, 3.63) is 59.4 Å². The third-order valence-electron chi connectivity index (χ3n) is 3.83. The minimum Gasteiger partial charge on any atom is -0.469 e. The van der Waals surface area contributed by atoms with Crippen LogP contribution in [0.5, 0.6) is 0 Å². The fourth-order valence-corrected chi connectivity index (χ4v) is 2.70. The van der Waals surface area contributed by atoms with E-state index in [0.29, 0.717) is 5.39 Å². The molecular weight excluding hydrogens is 281 g/mol. The van der Waals surface area contributed by atoms with E-state index < -0.39 is 0 Å². The van der Waals surface area contributed by atoms with Crippen LogP contribution in [0, 0.1) is 12.7 Å². The van der Waals surface area contributed by atoms with Gasteiger partial charge in [-0.15, -0.1) is 0 Å². The summed E-state index contributed by atoms with van der Waals surface area (Å²) < 4.78 is 18.4. The van der Waals surface area contributed by atoms with Crippen molar-refractivity contribution in [2.75, 3.05) is 7.11 Å². The van der Waals surface area contributed by atoms with Crippen LogP contribution < -0.4 is 0 Å². The van der Waals surface area contributed by atoms with Gasteiger partial charge < -0.3 is 9.72 Å². The van der Waals surface area contributed by atoms with Gasteiger partial charge in [-0.1, -0.05) is 24.3 Å². The molecule has 1 heterocycles. The zero-order valence-electron chi connectivity index (χ0n) is 12.4. The Morgan fingerprint density at radius 2 is 2.00 bits per heavy atom. The first-order chi connectivity index (χ1) is 10.6. The number of nitrogens with one attached hydrogen (secondary N) is 1. The Balaban J connectivity index is 2.27. The quantitative estimate of drug-likeness (QED) is 0.742. The van der Waals surface area contributed by atoms with Gasteiger partial charge in [0.05, 0.1) is 19.2 Å². The molecule has 0 spiro atoms. The molecule has 0 saturated heterocycles. The van der Waals surface area contributed by atoms with Crippen LogP contribution in [0.3, 0.4) is 0 Å². The maximum absolute atomic E-state index is 13.6. The first-order valence-electron chi connectivity index (χ1n) is 7.03. The van der Waals surface area contributed by atoms with Crippen molar-refractivity contribution in [3.8, 4) is 11.3 Å². The van der Waals surface area contributed by atoms with Gasteiger partial charge in [0.15, 0.2) is 0 Å². The van der Waals surface area contributed by atoms with Gasteiger partial charge in [-0.05, 0) is 36.2 Å². The normalized spacial score (nSPS) is 10.9. The zero-order valence-corrected chi connectivity index (χ0v) is 12.4. The predicted octanol–water partition coefficient (Wildman–Crippen LogP) is 4.00. The lowest BCUT2D eigenvalue weighted by atomic mass is 9.99. The Kier molecular flexibility index (Phi) is 3.67. The molecule has 0 aliphatic heterocycles. The second-order valence-corrected chi connectivity index (χ2v) is 5.24. The van der Waals surface area contributed by atoms with E-state index in [0.717, 1.165) is 27.9 Å². The maximum atomic E-state index is 13.6. The minimum atomic E-state index is -0.347. The fourth-order valence-electron chi connectivity index (χ4n) is 2.70. The topological polar surface area (TPSA) is 42.1 Å². The van der Waals surface area contributed by atoms with Crippen LogP contribution in [0.4, 0.5) is 4.39 Å². The summed E-state index contributed by atoms with van der Waals surface area (Å²) in [6, 6.07) is 12.4. The molecule has 1 aromatic heterocycles. The number of carbonyl (C=O) groups excluding carboxylic acids is 1. The molecule has 0 unspecified atom stereocenters. The van der Waals surface area contributed by atoms with Crippen molar-refractivity contribution in [2.24, 2.45) is 0 Å². The summed E-state index contributed by atoms with van der Waals surface area (Å²) >= 11 is 0. The molecule has 0 amide bonds. The molecule has 112 valence electrons. The minimum absolute atomic E-state index is 0.101. The Hall–Kier alpha value is -2.62. The van der Waals surface area contributed by atoms with Gasteiger partial charge in [0, 0.05) is 16.5 Å². The molecule has 1 N–H and O–H groups in total. The van der Waals surface area contributed by atoms with E-state index >= 15 is 0 Å². The Morgan fingerprint density at radius 3 is 2.73 bits per heavy atom. The zero-order chi connectivity index (χ0) is 15.7. The molecule has 2 aromatic carbocycles.